The van der Waals surface area contributed by atoms with Gasteiger partial charge in [0, 0.05) is 32.2 Å². The minimum absolute atomic E-state index is 0.335. The molecule has 26 heavy (non-hydrogen) atoms. The molecule has 0 amide bonds. The Balaban J connectivity index is 2.17. The number of hydrogen-bond donors (Lipinski definition) is 1. The van der Waals surface area contributed by atoms with Gasteiger partial charge >= 0.3 is 0 Å². The van der Waals surface area contributed by atoms with Crippen LogP contribution in [0.15, 0.2) is 34.8 Å². The van der Waals surface area contributed by atoms with Gasteiger partial charge in [-0.2, -0.15) is 0 Å². The molecule has 0 aromatic heterocycles. The molecule has 0 atom stereocenters. The van der Waals surface area contributed by atoms with Gasteiger partial charge in [-0.25, -0.2) is 0 Å². The second-order valence-corrected chi connectivity index (χ2v) is 8.14. The molecule has 0 unspecified atom stereocenters. The molecule has 3 nitrogen and oxygen atoms in total. The summed E-state index contributed by atoms with van der Waals surface area (Å²) in [6.07, 6.45) is 1.12. The second-order valence-electron chi connectivity index (χ2n) is 6.44. The first kappa shape index (κ1) is 21.4. The lowest BCUT2D eigenvalue weighted by Gasteiger charge is -2.18. The fraction of sp³-hybridized carbons (Fsp3) is 0.400. The van der Waals surface area contributed by atoms with Crippen LogP contribution in [0.25, 0.3) is 0 Å². The molecule has 0 heterocycles. The van der Waals surface area contributed by atoms with E-state index in [1.54, 1.807) is 19.2 Å². The number of ether oxygens (including phenoxy) is 2. The lowest BCUT2D eigenvalue weighted by Crippen LogP contribution is -2.17. The third kappa shape index (κ3) is 6.05. The first-order valence-corrected chi connectivity index (χ1v) is 10.1. The summed E-state index contributed by atoms with van der Waals surface area (Å²) in [5.74, 6) is 2.07. The molecule has 0 aliphatic carbocycles. The first-order chi connectivity index (χ1) is 12.4. The highest BCUT2D eigenvalue weighted by Gasteiger charge is 2.15. The van der Waals surface area contributed by atoms with Crippen LogP contribution in [-0.2, 0) is 13.2 Å². The third-order valence-electron chi connectivity index (χ3n) is 3.97. The van der Waals surface area contributed by atoms with Crippen molar-refractivity contribution in [2.24, 2.45) is 5.92 Å². The highest BCUT2D eigenvalue weighted by atomic mass is 79.9. The maximum atomic E-state index is 6.26. The van der Waals surface area contributed by atoms with Crippen LogP contribution >= 0.6 is 39.1 Å². The summed E-state index contributed by atoms with van der Waals surface area (Å²) >= 11 is 15.8. The Morgan fingerprint density at radius 3 is 2.58 bits per heavy atom. The van der Waals surface area contributed by atoms with E-state index in [0.29, 0.717) is 40.6 Å². The maximum Gasteiger partial charge on any atom is 0.167 e. The van der Waals surface area contributed by atoms with Gasteiger partial charge in [0.2, 0.25) is 0 Å². The Labute approximate surface area is 174 Å². The monoisotopic (exact) mass is 459 g/mol. The molecule has 0 aliphatic rings. The molecule has 0 bridgehead atoms. The Kier molecular flexibility index (Phi) is 8.55. The van der Waals surface area contributed by atoms with Crippen molar-refractivity contribution in [3.63, 3.8) is 0 Å². The van der Waals surface area contributed by atoms with Crippen LogP contribution in [-0.4, -0.2) is 13.7 Å². The van der Waals surface area contributed by atoms with E-state index in [1.165, 1.54) is 0 Å². The molecule has 2 rings (SSSR count). The molecular formula is C20H24BrCl2NO2. The van der Waals surface area contributed by atoms with Gasteiger partial charge in [-0.05, 0) is 43.1 Å². The van der Waals surface area contributed by atoms with E-state index in [9.17, 15) is 0 Å². The summed E-state index contributed by atoms with van der Waals surface area (Å²) in [6, 6.07) is 9.25. The highest BCUT2D eigenvalue weighted by Crippen LogP contribution is 2.37. The van der Waals surface area contributed by atoms with Crippen molar-refractivity contribution >= 4 is 39.1 Å². The van der Waals surface area contributed by atoms with E-state index in [1.807, 2.05) is 18.2 Å². The van der Waals surface area contributed by atoms with Crippen LogP contribution in [0.3, 0.4) is 0 Å². The SMILES string of the molecule is COc1ccc(Br)c(CNCCC(C)C)c1OCc1ccc(Cl)cc1Cl. The topological polar surface area (TPSA) is 30.5 Å². The van der Waals surface area contributed by atoms with Gasteiger partial charge in [0.25, 0.3) is 0 Å². The van der Waals surface area contributed by atoms with Crippen molar-refractivity contribution in [3.05, 3.63) is 56.0 Å². The predicted octanol–water partition coefficient (Wildman–Crippen LogP) is 6.48. The van der Waals surface area contributed by atoms with Crippen LogP contribution in [0, 0.1) is 5.92 Å². The first-order valence-electron chi connectivity index (χ1n) is 8.55. The predicted molar refractivity (Wildman–Crippen MR) is 113 cm³/mol. The zero-order valence-electron chi connectivity index (χ0n) is 15.2. The summed E-state index contributed by atoms with van der Waals surface area (Å²) in [5.41, 5.74) is 1.90. The molecule has 2 aromatic rings. The summed E-state index contributed by atoms with van der Waals surface area (Å²) in [4.78, 5) is 0. The van der Waals surface area contributed by atoms with Crippen molar-refractivity contribution in [2.45, 2.75) is 33.4 Å². The summed E-state index contributed by atoms with van der Waals surface area (Å²) in [7, 11) is 1.64. The normalized spacial score (nSPS) is 11.0. The van der Waals surface area contributed by atoms with E-state index in [2.05, 4.69) is 35.1 Å². The molecule has 142 valence electrons. The number of benzene rings is 2. The molecule has 0 aliphatic heterocycles. The van der Waals surface area contributed by atoms with Gasteiger partial charge in [0.05, 0.1) is 7.11 Å². The average molecular weight is 461 g/mol. The summed E-state index contributed by atoms with van der Waals surface area (Å²) in [5, 5.41) is 4.67. The van der Waals surface area contributed by atoms with E-state index in [-0.39, 0.29) is 0 Å². The smallest absolute Gasteiger partial charge is 0.167 e. The fourth-order valence-electron chi connectivity index (χ4n) is 2.46. The molecule has 0 saturated heterocycles. The molecule has 1 N–H and O–H groups in total. The zero-order chi connectivity index (χ0) is 19.1. The highest BCUT2D eigenvalue weighted by molar-refractivity contribution is 9.10. The standard InChI is InChI=1S/C20H24BrCl2NO2/c1-13(2)8-9-24-11-16-17(21)6-7-19(25-3)20(16)26-12-14-4-5-15(22)10-18(14)23/h4-7,10,13,24H,8-9,11-12H2,1-3H3. The Morgan fingerprint density at radius 2 is 1.92 bits per heavy atom. The minimum Gasteiger partial charge on any atom is -0.493 e. The van der Waals surface area contributed by atoms with Crippen molar-refractivity contribution in [1.29, 1.82) is 0 Å². The summed E-state index contributed by atoms with van der Waals surface area (Å²) in [6.45, 7) is 6.40. The lowest BCUT2D eigenvalue weighted by molar-refractivity contribution is 0.280. The molecule has 2 aromatic carbocycles. The summed E-state index contributed by atoms with van der Waals surface area (Å²) < 4.78 is 12.6. The van der Waals surface area contributed by atoms with Gasteiger partial charge in [-0.15, -0.1) is 0 Å². The Bertz CT molecular complexity index is 738. The van der Waals surface area contributed by atoms with Gasteiger partial charge in [-0.1, -0.05) is 59.0 Å². The average Bonchev–Trinajstić information content (AvgIpc) is 2.59. The maximum absolute atomic E-state index is 6.26. The van der Waals surface area contributed by atoms with Crippen LogP contribution in [0.4, 0.5) is 0 Å². The third-order valence-corrected chi connectivity index (χ3v) is 5.30. The number of hydrogen-bond acceptors (Lipinski definition) is 3. The molecule has 0 spiro atoms. The van der Waals surface area contributed by atoms with Crippen LogP contribution in [0.1, 0.15) is 31.4 Å². The van der Waals surface area contributed by atoms with E-state index in [0.717, 1.165) is 28.6 Å². The molecule has 6 heteroatoms. The van der Waals surface area contributed by atoms with E-state index >= 15 is 0 Å². The molecule has 0 fully saturated rings. The number of halogens is 3. The number of nitrogens with one attached hydrogen (secondary N) is 1. The van der Waals surface area contributed by atoms with Crippen LogP contribution in [0.2, 0.25) is 10.0 Å². The van der Waals surface area contributed by atoms with Crippen LogP contribution < -0.4 is 14.8 Å². The van der Waals surface area contributed by atoms with Crippen LogP contribution in [0.5, 0.6) is 11.5 Å². The van der Waals surface area contributed by atoms with Gasteiger partial charge in [0.15, 0.2) is 11.5 Å². The largest absolute Gasteiger partial charge is 0.493 e. The Hall–Kier alpha value is -0.940. The van der Waals surface area contributed by atoms with E-state index < -0.39 is 0 Å². The molecule has 0 saturated carbocycles. The quantitative estimate of drug-likeness (QED) is 0.434. The minimum atomic E-state index is 0.335. The van der Waals surface area contributed by atoms with Crippen molar-refractivity contribution in [3.8, 4) is 11.5 Å². The van der Waals surface area contributed by atoms with Gasteiger partial charge < -0.3 is 14.8 Å². The zero-order valence-corrected chi connectivity index (χ0v) is 18.3. The van der Waals surface area contributed by atoms with Crippen molar-refractivity contribution < 1.29 is 9.47 Å². The molecular weight excluding hydrogens is 437 g/mol. The number of rotatable bonds is 9. The second kappa shape index (κ2) is 10.4. The van der Waals surface area contributed by atoms with Crippen molar-refractivity contribution in [1.82, 2.24) is 5.32 Å². The lowest BCUT2D eigenvalue weighted by atomic mass is 10.1. The Morgan fingerprint density at radius 1 is 1.15 bits per heavy atom. The van der Waals surface area contributed by atoms with Gasteiger partial charge in [0.1, 0.15) is 6.61 Å². The number of methoxy groups -OCH3 is 1. The van der Waals surface area contributed by atoms with Gasteiger partial charge in [-0.3, -0.25) is 0 Å². The molecule has 0 radical (unpaired) electrons. The van der Waals surface area contributed by atoms with Crippen molar-refractivity contribution in [2.75, 3.05) is 13.7 Å². The van der Waals surface area contributed by atoms with E-state index in [4.69, 9.17) is 32.7 Å². The fourth-order valence-corrected chi connectivity index (χ4v) is 3.37.